The summed E-state index contributed by atoms with van der Waals surface area (Å²) in [6.07, 6.45) is 3.35. The molecular formula is C18H22N2O3S. The molecule has 3 rings (SSSR count). The predicted octanol–water partition coefficient (Wildman–Crippen LogP) is 3.01. The molecule has 0 bridgehead atoms. The fraction of sp³-hybridized carbons (Fsp3) is 0.444. The molecule has 0 aromatic carbocycles. The van der Waals surface area contributed by atoms with Crippen LogP contribution in [0.1, 0.15) is 29.3 Å². The first-order valence-electron chi connectivity index (χ1n) is 8.12. The number of pyridine rings is 1. The molecule has 1 aliphatic rings. The Hall–Kier alpha value is -1.92. The van der Waals surface area contributed by atoms with E-state index in [4.69, 9.17) is 9.47 Å². The Balaban J connectivity index is 1.64. The Morgan fingerprint density at radius 1 is 1.54 bits per heavy atom. The van der Waals surface area contributed by atoms with Gasteiger partial charge in [0.05, 0.1) is 13.2 Å². The topological polar surface area (TPSA) is 51.7 Å². The number of hydrogen-bond donors (Lipinski definition) is 0. The van der Waals surface area contributed by atoms with Crippen LogP contribution >= 0.6 is 11.3 Å². The van der Waals surface area contributed by atoms with Crippen LogP contribution in [0.3, 0.4) is 0 Å². The SMILES string of the molecule is C[C@@H](Cc1ccsc1)N(C)C(=O)c1ccnc(O[C@H]2CCOC2)c1. The fourth-order valence-corrected chi connectivity index (χ4v) is 3.36. The maximum atomic E-state index is 12.7. The smallest absolute Gasteiger partial charge is 0.254 e. The van der Waals surface area contributed by atoms with Crippen molar-refractivity contribution in [2.24, 2.45) is 0 Å². The average molecular weight is 346 g/mol. The molecule has 5 nitrogen and oxygen atoms in total. The molecule has 1 aliphatic heterocycles. The van der Waals surface area contributed by atoms with E-state index >= 15 is 0 Å². The largest absolute Gasteiger partial charge is 0.472 e. The molecule has 1 saturated heterocycles. The molecule has 3 heterocycles. The summed E-state index contributed by atoms with van der Waals surface area (Å²) in [6, 6.07) is 5.66. The van der Waals surface area contributed by atoms with Crippen molar-refractivity contribution in [3.8, 4) is 5.88 Å². The number of carbonyl (C=O) groups is 1. The highest BCUT2D eigenvalue weighted by Gasteiger charge is 2.21. The Morgan fingerprint density at radius 3 is 3.12 bits per heavy atom. The van der Waals surface area contributed by atoms with Gasteiger partial charge in [0, 0.05) is 37.3 Å². The van der Waals surface area contributed by atoms with E-state index in [0.717, 1.165) is 12.8 Å². The summed E-state index contributed by atoms with van der Waals surface area (Å²) >= 11 is 1.68. The number of carbonyl (C=O) groups excluding carboxylic acids is 1. The average Bonchev–Trinajstić information content (AvgIpc) is 3.27. The molecule has 0 aliphatic carbocycles. The van der Waals surface area contributed by atoms with Gasteiger partial charge in [0.1, 0.15) is 6.10 Å². The van der Waals surface area contributed by atoms with Gasteiger partial charge in [-0.25, -0.2) is 4.98 Å². The second kappa shape index (κ2) is 7.77. The Morgan fingerprint density at radius 2 is 2.42 bits per heavy atom. The van der Waals surface area contributed by atoms with Gasteiger partial charge in [-0.1, -0.05) is 0 Å². The molecule has 2 aromatic rings. The predicted molar refractivity (Wildman–Crippen MR) is 93.7 cm³/mol. The summed E-state index contributed by atoms with van der Waals surface area (Å²) in [4.78, 5) is 18.7. The van der Waals surface area contributed by atoms with E-state index in [9.17, 15) is 4.79 Å². The fourth-order valence-electron chi connectivity index (χ4n) is 2.67. The Labute approximate surface area is 146 Å². The van der Waals surface area contributed by atoms with Gasteiger partial charge in [0.25, 0.3) is 5.91 Å². The third kappa shape index (κ3) is 4.13. The number of nitrogens with zero attached hydrogens (tertiary/aromatic N) is 2. The first-order chi connectivity index (χ1) is 11.6. The molecule has 0 unspecified atom stereocenters. The number of ether oxygens (including phenoxy) is 2. The summed E-state index contributed by atoms with van der Waals surface area (Å²) in [7, 11) is 1.84. The molecule has 128 valence electrons. The zero-order valence-corrected chi connectivity index (χ0v) is 14.8. The minimum absolute atomic E-state index is 0.0207. The Kier molecular flexibility index (Phi) is 5.48. The van der Waals surface area contributed by atoms with Crippen molar-refractivity contribution in [3.05, 3.63) is 46.3 Å². The van der Waals surface area contributed by atoms with Gasteiger partial charge in [-0.15, -0.1) is 0 Å². The molecule has 2 atom stereocenters. The zero-order chi connectivity index (χ0) is 16.9. The lowest BCUT2D eigenvalue weighted by atomic mass is 10.1. The summed E-state index contributed by atoms with van der Waals surface area (Å²) in [6.45, 7) is 3.35. The van der Waals surface area contributed by atoms with Gasteiger partial charge in [-0.2, -0.15) is 11.3 Å². The lowest BCUT2D eigenvalue weighted by Crippen LogP contribution is -2.36. The van der Waals surface area contributed by atoms with Crippen LogP contribution in [0, 0.1) is 0 Å². The maximum absolute atomic E-state index is 12.7. The van der Waals surface area contributed by atoms with Gasteiger partial charge < -0.3 is 14.4 Å². The minimum Gasteiger partial charge on any atom is -0.472 e. The van der Waals surface area contributed by atoms with Crippen molar-refractivity contribution in [2.45, 2.75) is 31.9 Å². The van der Waals surface area contributed by atoms with E-state index in [0.29, 0.717) is 24.7 Å². The molecule has 0 radical (unpaired) electrons. The second-order valence-corrected chi connectivity index (χ2v) is 6.87. The third-order valence-corrected chi connectivity index (χ3v) is 4.98. The van der Waals surface area contributed by atoms with Crippen LogP contribution in [0.25, 0.3) is 0 Å². The minimum atomic E-state index is -0.0207. The highest BCUT2D eigenvalue weighted by atomic mass is 32.1. The molecule has 0 spiro atoms. The number of amides is 1. The lowest BCUT2D eigenvalue weighted by molar-refractivity contribution is 0.0742. The second-order valence-electron chi connectivity index (χ2n) is 6.09. The van der Waals surface area contributed by atoms with Crippen molar-refractivity contribution >= 4 is 17.2 Å². The van der Waals surface area contributed by atoms with Crippen LogP contribution in [0.2, 0.25) is 0 Å². The number of likely N-dealkylation sites (N-methyl/N-ethyl adjacent to an activating group) is 1. The van der Waals surface area contributed by atoms with E-state index in [-0.39, 0.29) is 18.1 Å². The van der Waals surface area contributed by atoms with Crippen molar-refractivity contribution in [3.63, 3.8) is 0 Å². The van der Waals surface area contributed by atoms with Crippen LogP contribution in [-0.2, 0) is 11.2 Å². The van der Waals surface area contributed by atoms with Gasteiger partial charge in [-0.05, 0) is 41.8 Å². The summed E-state index contributed by atoms with van der Waals surface area (Å²) in [5.41, 5.74) is 1.85. The summed E-state index contributed by atoms with van der Waals surface area (Å²) < 4.78 is 11.1. The summed E-state index contributed by atoms with van der Waals surface area (Å²) in [5, 5.41) is 4.18. The van der Waals surface area contributed by atoms with Crippen LogP contribution in [-0.4, -0.2) is 48.2 Å². The molecule has 2 aromatic heterocycles. The van der Waals surface area contributed by atoms with E-state index in [2.05, 4.69) is 28.7 Å². The van der Waals surface area contributed by atoms with E-state index in [1.165, 1.54) is 5.56 Å². The summed E-state index contributed by atoms with van der Waals surface area (Å²) in [5.74, 6) is 0.461. The van der Waals surface area contributed by atoms with Crippen molar-refractivity contribution in [2.75, 3.05) is 20.3 Å². The van der Waals surface area contributed by atoms with Crippen LogP contribution in [0.15, 0.2) is 35.2 Å². The third-order valence-electron chi connectivity index (χ3n) is 4.25. The molecule has 1 fully saturated rings. The van der Waals surface area contributed by atoms with Gasteiger partial charge in [-0.3, -0.25) is 4.79 Å². The van der Waals surface area contributed by atoms with Crippen LogP contribution < -0.4 is 4.74 Å². The number of rotatable bonds is 6. The molecule has 0 N–H and O–H groups in total. The quantitative estimate of drug-likeness (QED) is 0.807. The molecule has 6 heteroatoms. The first kappa shape index (κ1) is 16.9. The highest BCUT2D eigenvalue weighted by Crippen LogP contribution is 2.18. The maximum Gasteiger partial charge on any atom is 0.254 e. The first-order valence-corrected chi connectivity index (χ1v) is 9.06. The van der Waals surface area contributed by atoms with Crippen molar-refractivity contribution in [1.29, 1.82) is 0 Å². The van der Waals surface area contributed by atoms with E-state index < -0.39 is 0 Å². The van der Waals surface area contributed by atoms with Gasteiger partial charge >= 0.3 is 0 Å². The highest BCUT2D eigenvalue weighted by molar-refractivity contribution is 7.07. The molecule has 24 heavy (non-hydrogen) atoms. The molecular weight excluding hydrogens is 324 g/mol. The standard InChI is InChI=1S/C18H22N2O3S/c1-13(9-14-5-8-24-12-14)20(2)18(21)15-3-6-19-17(10-15)23-16-4-7-22-11-16/h3,5-6,8,10,12-13,16H,4,7,9,11H2,1-2H3/t13-,16-/m0/s1. The van der Waals surface area contributed by atoms with Crippen LogP contribution in [0.5, 0.6) is 5.88 Å². The lowest BCUT2D eigenvalue weighted by Gasteiger charge is -2.25. The van der Waals surface area contributed by atoms with Gasteiger partial charge in [0.2, 0.25) is 5.88 Å². The molecule has 1 amide bonds. The number of aromatic nitrogens is 1. The number of thiophene rings is 1. The molecule has 0 saturated carbocycles. The van der Waals surface area contributed by atoms with Gasteiger partial charge in [0.15, 0.2) is 0 Å². The van der Waals surface area contributed by atoms with Crippen molar-refractivity contribution in [1.82, 2.24) is 9.88 Å². The monoisotopic (exact) mass is 346 g/mol. The van der Waals surface area contributed by atoms with Crippen molar-refractivity contribution < 1.29 is 14.3 Å². The van der Waals surface area contributed by atoms with E-state index in [1.807, 2.05) is 7.05 Å². The normalized spacial score (nSPS) is 18.3. The number of hydrogen-bond acceptors (Lipinski definition) is 5. The zero-order valence-electron chi connectivity index (χ0n) is 14.0. The van der Waals surface area contributed by atoms with E-state index in [1.54, 1.807) is 34.6 Å². The van der Waals surface area contributed by atoms with Crippen LogP contribution in [0.4, 0.5) is 0 Å². The Bertz CT molecular complexity index is 669.